The van der Waals surface area contributed by atoms with E-state index in [2.05, 4.69) is 20.7 Å². The van der Waals surface area contributed by atoms with Crippen LogP contribution >= 0.6 is 0 Å². The van der Waals surface area contributed by atoms with E-state index in [-0.39, 0.29) is 18.6 Å². The van der Waals surface area contributed by atoms with Crippen LogP contribution in [0.2, 0.25) is 0 Å². The molecule has 2 rings (SSSR count). The lowest BCUT2D eigenvalue weighted by atomic mass is 10.1. The molecule has 8 heteroatoms. The Morgan fingerprint density at radius 3 is 2.74 bits per heavy atom. The Balaban J connectivity index is 2.16. The van der Waals surface area contributed by atoms with Gasteiger partial charge in [-0.2, -0.15) is 15.4 Å². The molecule has 1 amide bonds. The zero-order valence-electron chi connectivity index (χ0n) is 9.83. The average Bonchev–Trinajstić information content (AvgIpc) is 2.85. The number of carboxylic acid groups (broad SMARTS) is 1. The van der Waals surface area contributed by atoms with Gasteiger partial charge in [0, 0.05) is 18.6 Å². The molecule has 0 aliphatic heterocycles. The fourth-order valence-electron chi connectivity index (χ4n) is 1.61. The highest BCUT2D eigenvalue weighted by atomic mass is 16.4. The first-order chi connectivity index (χ1) is 9.11. The number of hydrogen-bond donors (Lipinski definition) is 4. The molecule has 2 aromatic rings. The molecule has 4 N–H and O–H groups in total. The number of hydrogen-bond acceptors (Lipinski definition) is 5. The van der Waals surface area contributed by atoms with Crippen LogP contribution in [0.5, 0.6) is 0 Å². The van der Waals surface area contributed by atoms with Gasteiger partial charge in [0.25, 0.3) is 5.91 Å². The van der Waals surface area contributed by atoms with E-state index in [1.807, 2.05) is 0 Å². The SMILES string of the molecule is O=C(N[C@@H](CCO)C(=O)O)c1ccc2n[nH]nc2c1. The number of nitrogens with one attached hydrogen (secondary N) is 2. The number of carboxylic acids is 1. The second kappa shape index (κ2) is 5.44. The summed E-state index contributed by atoms with van der Waals surface area (Å²) in [6.45, 7) is -0.320. The standard InChI is InChI=1S/C11H12N4O4/c16-4-3-8(11(18)19)12-10(17)6-1-2-7-9(5-6)14-15-13-7/h1-2,5,8,16H,3-4H2,(H,12,17)(H,18,19)(H,13,14,15)/t8-/m0/s1. The van der Waals surface area contributed by atoms with E-state index in [4.69, 9.17) is 10.2 Å². The van der Waals surface area contributed by atoms with Crippen LogP contribution in [0.4, 0.5) is 0 Å². The third-order valence-electron chi connectivity index (χ3n) is 2.60. The first kappa shape index (κ1) is 13.0. The minimum absolute atomic E-state index is 0.0483. The molecule has 0 saturated carbocycles. The van der Waals surface area contributed by atoms with Crippen LogP contribution in [-0.4, -0.2) is 50.1 Å². The number of nitrogens with zero attached hydrogens (tertiary/aromatic N) is 2. The first-order valence-corrected chi connectivity index (χ1v) is 5.57. The lowest BCUT2D eigenvalue weighted by Crippen LogP contribution is -2.41. The molecule has 0 fully saturated rings. The molecule has 1 aromatic carbocycles. The Morgan fingerprint density at radius 2 is 2.05 bits per heavy atom. The third-order valence-corrected chi connectivity index (χ3v) is 2.60. The summed E-state index contributed by atoms with van der Waals surface area (Å²) in [5.74, 6) is -1.73. The molecule has 19 heavy (non-hydrogen) atoms. The highest BCUT2D eigenvalue weighted by Gasteiger charge is 2.20. The van der Waals surface area contributed by atoms with Crippen molar-refractivity contribution in [3.05, 3.63) is 23.8 Å². The van der Waals surface area contributed by atoms with Crippen molar-refractivity contribution in [3.63, 3.8) is 0 Å². The lowest BCUT2D eigenvalue weighted by molar-refractivity contribution is -0.139. The molecule has 1 heterocycles. The van der Waals surface area contributed by atoms with Gasteiger partial charge in [0.1, 0.15) is 17.1 Å². The molecule has 0 saturated heterocycles. The van der Waals surface area contributed by atoms with Crippen LogP contribution in [0.1, 0.15) is 16.8 Å². The Labute approximate surface area is 107 Å². The van der Waals surface area contributed by atoms with Crippen molar-refractivity contribution in [2.24, 2.45) is 0 Å². The summed E-state index contributed by atoms with van der Waals surface area (Å²) >= 11 is 0. The average molecular weight is 264 g/mol. The molecule has 0 radical (unpaired) electrons. The number of fused-ring (bicyclic) bond motifs is 1. The molecule has 8 nitrogen and oxygen atoms in total. The number of amides is 1. The van der Waals surface area contributed by atoms with Crippen LogP contribution in [0.3, 0.4) is 0 Å². The van der Waals surface area contributed by atoms with E-state index >= 15 is 0 Å². The first-order valence-electron chi connectivity index (χ1n) is 5.57. The van der Waals surface area contributed by atoms with Gasteiger partial charge in [-0.05, 0) is 18.2 Å². The Hall–Kier alpha value is -2.48. The summed E-state index contributed by atoms with van der Waals surface area (Å²) < 4.78 is 0. The number of H-pyrrole nitrogens is 1. The van der Waals surface area contributed by atoms with E-state index in [1.54, 1.807) is 6.07 Å². The van der Waals surface area contributed by atoms with Crippen LogP contribution < -0.4 is 5.32 Å². The number of carbonyl (C=O) groups excluding carboxylic acids is 1. The van der Waals surface area contributed by atoms with Crippen LogP contribution in [0, 0.1) is 0 Å². The van der Waals surface area contributed by atoms with E-state index < -0.39 is 17.9 Å². The lowest BCUT2D eigenvalue weighted by Gasteiger charge is -2.12. The molecule has 1 aromatic heterocycles. The Morgan fingerprint density at radius 1 is 1.32 bits per heavy atom. The second-order valence-electron chi connectivity index (χ2n) is 3.90. The van der Waals surface area contributed by atoms with Crippen LogP contribution in [0.25, 0.3) is 11.0 Å². The quantitative estimate of drug-likeness (QED) is 0.577. The smallest absolute Gasteiger partial charge is 0.326 e. The molecule has 0 bridgehead atoms. The van der Waals surface area contributed by atoms with Gasteiger partial charge < -0.3 is 15.5 Å². The summed E-state index contributed by atoms with van der Waals surface area (Å²) in [5.41, 5.74) is 1.41. The number of aliphatic carboxylic acids is 1. The van der Waals surface area contributed by atoms with Crippen molar-refractivity contribution >= 4 is 22.9 Å². The summed E-state index contributed by atoms with van der Waals surface area (Å²) in [7, 11) is 0. The van der Waals surface area contributed by atoms with Gasteiger partial charge in [-0.25, -0.2) is 4.79 Å². The van der Waals surface area contributed by atoms with Crippen molar-refractivity contribution in [2.75, 3.05) is 6.61 Å². The topological polar surface area (TPSA) is 128 Å². The van der Waals surface area contributed by atoms with Gasteiger partial charge in [-0.15, -0.1) is 0 Å². The molecule has 0 spiro atoms. The maximum Gasteiger partial charge on any atom is 0.326 e. The van der Waals surface area contributed by atoms with E-state index in [0.717, 1.165) is 0 Å². The number of aromatic nitrogens is 3. The predicted molar refractivity (Wildman–Crippen MR) is 64.5 cm³/mol. The Bertz CT molecular complexity index is 610. The summed E-state index contributed by atoms with van der Waals surface area (Å²) in [6, 6.07) is 3.52. The molecule has 0 aliphatic rings. The molecule has 0 unspecified atom stereocenters. The van der Waals surface area contributed by atoms with Gasteiger partial charge in [0.2, 0.25) is 0 Å². The fourth-order valence-corrected chi connectivity index (χ4v) is 1.61. The number of benzene rings is 1. The molecular weight excluding hydrogens is 252 g/mol. The predicted octanol–water partition coefficient (Wildman–Crippen LogP) is -0.477. The maximum atomic E-state index is 11.9. The zero-order valence-corrected chi connectivity index (χ0v) is 9.83. The number of carbonyl (C=O) groups is 2. The normalized spacial score (nSPS) is 12.3. The van der Waals surface area contributed by atoms with Crippen molar-refractivity contribution in [3.8, 4) is 0 Å². The minimum atomic E-state index is -1.19. The maximum absolute atomic E-state index is 11.9. The summed E-state index contributed by atoms with van der Waals surface area (Å²) in [4.78, 5) is 22.8. The van der Waals surface area contributed by atoms with Crippen LogP contribution in [-0.2, 0) is 4.79 Å². The van der Waals surface area contributed by atoms with Gasteiger partial charge >= 0.3 is 5.97 Å². The molecule has 1 atom stereocenters. The largest absolute Gasteiger partial charge is 0.480 e. The Kier molecular flexibility index (Phi) is 3.71. The van der Waals surface area contributed by atoms with Gasteiger partial charge in [-0.3, -0.25) is 4.79 Å². The summed E-state index contributed by atoms with van der Waals surface area (Å²) in [5, 5.41) is 30.1. The van der Waals surface area contributed by atoms with Gasteiger partial charge in [0.15, 0.2) is 0 Å². The fraction of sp³-hybridized carbons (Fsp3) is 0.273. The van der Waals surface area contributed by atoms with Crippen molar-refractivity contribution in [1.29, 1.82) is 0 Å². The highest BCUT2D eigenvalue weighted by Crippen LogP contribution is 2.10. The minimum Gasteiger partial charge on any atom is -0.480 e. The third kappa shape index (κ3) is 2.86. The molecular formula is C11H12N4O4. The molecule has 100 valence electrons. The van der Waals surface area contributed by atoms with Gasteiger partial charge in [0.05, 0.1) is 0 Å². The monoisotopic (exact) mass is 264 g/mol. The number of rotatable bonds is 5. The van der Waals surface area contributed by atoms with Crippen molar-refractivity contribution < 1.29 is 19.8 Å². The number of aliphatic hydroxyl groups is 1. The van der Waals surface area contributed by atoms with E-state index in [1.165, 1.54) is 12.1 Å². The number of aliphatic hydroxyl groups excluding tert-OH is 1. The van der Waals surface area contributed by atoms with Crippen molar-refractivity contribution in [2.45, 2.75) is 12.5 Å². The van der Waals surface area contributed by atoms with Gasteiger partial charge in [-0.1, -0.05) is 0 Å². The van der Waals surface area contributed by atoms with E-state index in [9.17, 15) is 9.59 Å². The second-order valence-corrected chi connectivity index (χ2v) is 3.90. The van der Waals surface area contributed by atoms with Crippen molar-refractivity contribution in [1.82, 2.24) is 20.7 Å². The van der Waals surface area contributed by atoms with Crippen LogP contribution in [0.15, 0.2) is 18.2 Å². The zero-order chi connectivity index (χ0) is 13.8. The molecule has 0 aliphatic carbocycles. The number of aromatic amines is 1. The summed E-state index contributed by atoms with van der Waals surface area (Å²) in [6.07, 6.45) is -0.0483. The van der Waals surface area contributed by atoms with E-state index in [0.29, 0.717) is 11.0 Å². The highest BCUT2D eigenvalue weighted by molar-refractivity contribution is 5.98.